The van der Waals surface area contributed by atoms with Crippen LogP contribution < -0.4 is 5.32 Å². The lowest BCUT2D eigenvalue weighted by Crippen LogP contribution is -2.52. The number of hydrogen-bond acceptors (Lipinski definition) is 3. The molecule has 1 unspecified atom stereocenters. The van der Waals surface area contributed by atoms with Crippen molar-refractivity contribution in [3.63, 3.8) is 0 Å². The number of hydrogen-bond donors (Lipinski definition) is 1. The molecule has 2 aliphatic heterocycles. The Bertz CT molecular complexity index is 492. The van der Waals surface area contributed by atoms with Crippen LogP contribution in [-0.4, -0.2) is 55.0 Å². The summed E-state index contributed by atoms with van der Waals surface area (Å²) in [6.07, 6.45) is 1.21. The monoisotopic (exact) mass is 337 g/mol. The number of amides is 1. The Labute approximate surface area is 145 Å². The number of rotatable bonds is 6. The molecular formula is C18H28ClN3O. The van der Waals surface area contributed by atoms with Crippen molar-refractivity contribution in [2.45, 2.75) is 19.9 Å². The van der Waals surface area contributed by atoms with Gasteiger partial charge in [-0.05, 0) is 31.4 Å². The molecule has 0 radical (unpaired) electrons. The summed E-state index contributed by atoms with van der Waals surface area (Å²) in [5.41, 5.74) is 1.38. The first-order valence-corrected chi connectivity index (χ1v) is 8.52. The number of halogens is 1. The van der Waals surface area contributed by atoms with E-state index < -0.39 is 0 Å². The number of carbonyl (C=O) groups excluding carboxylic acids is 1. The van der Waals surface area contributed by atoms with Gasteiger partial charge in [-0.2, -0.15) is 0 Å². The Hall–Kier alpha value is -1.10. The SMILES string of the molecule is CCN(CC1CCN(Cc2ccccc2)C1)C(=O)C1CNC1.Cl. The van der Waals surface area contributed by atoms with E-state index in [0.717, 1.165) is 45.8 Å². The minimum Gasteiger partial charge on any atom is -0.342 e. The third kappa shape index (κ3) is 4.69. The number of nitrogens with one attached hydrogen (secondary N) is 1. The molecule has 23 heavy (non-hydrogen) atoms. The van der Waals surface area contributed by atoms with Crippen LogP contribution in [0.5, 0.6) is 0 Å². The summed E-state index contributed by atoms with van der Waals surface area (Å²) in [5, 5.41) is 3.19. The van der Waals surface area contributed by atoms with Crippen molar-refractivity contribution >= 4 is 18.3 Å². The lowest BCUT2D eigenvalue weighted by atomic mass is 10.0. The zero-order chi connectivity index (χ0) is 15.4. The predicted molar refractivity (Wildman–Crippen MR) is 95.7 cm³/mol. The van der Waals surface area contributed by atoms with Crippen LogP contribution in [0, 0.1) is 11.8 Å². The van der Waals surface area contributed by atoms with Crippen LogP contribution in [0.15, 0.2) is 30.3 Å². The van der Waals surface area contributed by atoms with Gasteiger partial charge in [0.1, 0.15) is 0 Å². The van der Waals surface area contributed by atoms with Gasteiger partial charge in [-0.15, -0.1) is 12.4 Å². The highest BCUT2D eigenvalue weighted by molar-refractivity contribution is 5.85. The van der Waals surface area contributed by atoms with E-state index in [1.165, 1.54) is 12.0 Å². The van der Waals surface area contributed by atoms with Gasteiger partial charge in [0.05, 0.1) is 5.92 Å². The first kappa shape index (κ1) is 18.2. The van der Waals surface area contributed by atoms with Crippen molar-refractivity contribution in [1.82, 2.24) is 15.1 Å². The number of benzene rings is 1. The van der Waals surface area contributed by atoms with Crippen molar-refractivity contribution in [3.8, 4) is 0 Å². The molecule has 5 heteroatoms. The van der Waals surface area contributed by atoms with Crippen molar-refractivity contribution in [1.29, 1.82) is 0 Å². The average molecular weight is 338 g/mol. The fourth-order valence-electron chi connectivity index (χ4n) is 3.46. The third-order valence-corrected chi connectivity index (χ3v) is 4.92. The highest BCUT2D eigenvalue weighted by atomic mass is 35.5. The van der Waals surface area contributed by atoms with E-state index in [-0.39, 0.29) is 18.3 Å². The molecule has 2 aliphatic rings. The van der Waals surface area contributed by atoms with E-state index in [4.69, 9.17) is 0 Å². The summed E-state index contributed by atoms with van der Waals surface area (Å²) in [4.78, 5) is 17.0. The zero-order valence-electron chi connectivity index (χ0n) is 13.9. The molecule has 0 saturated carbocycles. The summed E-state index contributed by atoms with van der Waals surface area (Å²) in [5.74, 6) is 1.20. The van der Waals surface area contributed by atoms with Crippen LogP contribution in [0.2, 0.25) is 0 Å². The van der Waals surface area contributed by atoms with Gasteiger partial charge in [0.25, 0.3) is 0 Å². The molecule has 0 bridgehead atoms. The Balaban J connectivity index is 0.00000192. The molecule has 1 aromatic rings. The molecule has 1 N–H and O–H groups in total. The van der Waals surface area contributed by atoms with Gasteiger partial charge in [-0.1, -0.05) is 30.3 Å². The highest BCUT2D eigenvalue weighted by Crippen LogP contribution is 2.21. The predicted octanol–water partition coefficient (Wildman–Crippen LogP) is 2.00. The van der Waals surface area contributed by atoms with Crippen LogP contribution in [0.3, 0.4) is 0 Å². The third-order valence-electron chi connectivity index (χ3n) is 4.92. The van der Waals surface area contributed by atoms with Gasteiger partial charge in [-0.3, -0.25) is 9.69 Å². The Kier molecular flexibility index (Phi) is 6.88. The standard InChI is InChI=1S/C18H27N3O.ClH/c1-2-21(18(22)17-10-19-11-17)14-16-8-9-20(13-16)12-15-6-4-3-5-7-15;/h3-7,16-17,19H,2,8-14H2,1H3;1H. The minimum absolute atomic E-state index is 0. The Morgan fingerprint density at radius 2 is 2.04 bits per heavy atom. The van der Waals surface area contributed by atoms with Gasteiger partial charge < -0.3 is 10.2 Å². The number of likely N-dealkylation sites (tertiary alicyclic amines) is 1. The van der Waals surface area contributed by atoms with E-state index in [9.17, 15) is 4.79 Å². The molecule has 2 saturated heterocycles. The first-order valence-electron chi connectivity index (χ1n) is 8.52. The van der Waals surface area contributed by atoms with Crippen molar-refractivity contribution < 1.29 is 4.79 Å². The van der Waals surface area contributed by atoms with E-state index in [2.05, 4.69) is 52.4 Å². The van der Waals surface area contributed by atoms with E-state index >= 15 is 0 Å². The lowest BCUT2D eigenvalue weighted by Gasteiger charge is -2.33. The fraction of sp³-hybridized carbons (Fsp3) is 0.611. The quantitative estimate of drug-likeness (QED) is 0.862. The van der Waals surface area contributed by atoms with Gasteiger partial charge in [-0.25, -0.2) is 0 Å². The molecule has 2 fully saturated rings. The topological polar surface area (TPSA) is 35.6 Å². The molecule has 2 heterocycles. The molecule has 0 spiro atoms. The van der Waals surface area contributed by atoms with Crippen molar-refractivity contribution in [2.24, 2.45) is 11.8 Å². The van der Waals surface area contributed by atoms with Crippen molar-refractivity contribution in [3.05, 3.63) is 35.9 Å². The van der Waals surface area contributed by atoms with Crippen LogP contribution in [0.4, 0.5) is 0 Å². The number of carbonyl (C=O) groups is 1. The molecular weight excluding hydrogens is 310 g/mol. The molecule has 4 nitrogen and oxygen atoms in total. The summed E-state index contributed by atoms with van der Waals surface area (Å²) < 4.78 is 0. The fourth-order valence-corrected chi connectivity index (χ4v) is 3.46. The van der Waals surface area contributed by atoms with Crippen LogP contribution >= 0.6 is 12.4 Å². The van der Waals surface area contributed by atoms with Gasteiger partial charge in [0, 0.05) is 39.3 Å². The normalized spacial score (nSPS) is 21.5. The lowest BCUT2D eigenvalue weighted by molar-refractivity contribution is -0.137. The first-order chi connectivity index (χ1) is 10.8. The molecule has 1 amide bonds. The second-order valence-electron chi connectivity index (χ2n) is 6.61. The maximum Gasteiger partial charge on any atom is 0.228 e. The molecule has 1 atom stereocenters. The maximum absolute atomic E-state index is 12.4. The van der Waals surface area contributed by atoms with Crippen LogP contribution in [0.1, 0.15) is 18.9 Å². The maximum atomic E-state index is 12.4. The van der Waals surface area contributed by atoms with E-state index in [0.29, 0.717) is 11.8 Å². The van der Waals surface area contributed by atoms with Gasteiger partial charge >= 0.3 is 0 Å². The van der Waals surface area contributed by atoms with E-state index in [1.54, 1.807) is 0 Å². The molecule has 0 aromatic heterocycles. The zero-order valence-corrected chi connectivity index (χ0v) is 14.7. The largest absolute Gasteiger partial charge is 0.342 e. The smallest absolute Gasteiger partial charge is 0.228 e. The Morgan fingerprint density at radius 1 is 1.30 bits per heavy atom. The summed E-state index contributed by atoms with van der Waals surface area (Å²) in [6.45, 7) is 8.88. The second kappa shape index (κ2) is 8.67. The minimum atomic E-state index is 0. The molecule has 0 aliphatic carbocycles. The van der Waals surface area contributed by atoms with Crippen LogP contribution in [0.25, 0.3) is 0 Å². The molecule has 3 rings (SSSR count). The summed E-state index contributed by atoms with van der Waals surface area (Å²) >= 11 is 0. The summed E-state index contributed by atoms with van der Waals surface area (Å²) in [6, 6.07) is 10.7. The van der Waals surface area contributed by atoms with Crippen LogP contribution in [-0.2, 0) is 11.3 Å². The summed E-state index contributed by atoms with van der Waals surface area (Å²) in [7, 11) is 0. The van der Waals surface area contributed by atoms with E-state index in [1.807, 2.05) is 0 Å². The highest BCUT2D eigenvalue weighted by Gasteiger charge is 2.31. The molecule has 128 valence electrons. The molecule has 1 aromatic carbocycles. The van der Waals surface area contributed by atoms with Crippen molar-refractivity contribution in [2.75, 3.05) is 39.3 Å². The average Bonchev–Trinajstić information content (AvgIpc) is 2.91. The van der Waals surface area contributed by atoms with Gasteiger partial charge in [0.2, 0.25) is 5.91 Å². The second-order valence-corrected chi connectivity index (χ2v) is 6.61. The Morgan fingerprint density at radius 3 is 2.65 bits per heavy atom. The van der Waals surface area contributed by atoms with Gasteiger partial charge in [0.15, 0.2) is 0 Å². The number of nitrogens with zero attached hydrogens (tertiary/aromatic N) is 2.